The van der Waals surface area contributed by atoms with Crippen LogP contribution in [0, 0.1) is 59.3 Å². The second-order valence-corrected chi connectivity index (χ2v) is 34.2. The quantitative estimate of drug-likeness (QED) is 0.0558. The first kappa shape index (κ1) is 83.9. The lowest BCUT2D eigenvalue weighted by atomic mass is 9.76. The largest absolute Gasteiger partial charge is 0.512 e. The highest BCUT2D eigenvalue weighted by Crippen LogP contribution is 2.42. The fraction of sp³-hybridized carbons (Fsp3) is 0.610. The maximum atomic E-state index is 12.7. The number of aromatic carboxylic acids is 1. The van der Waals surface area contributed by atoms with E-state index in [1.807, 2.05) is 120 Å². The number of nitrogens with one attached hydrogen (secondary N) is 7. The Kier molecular flexibility index (Phi) is 24.7. The summed E-state index contributed by atoms with van der Waals surface area (Å²) in [4.78, 5) is 78.5. The fourth-order valence-corrected chi connectivity index (χ4v) is 10.9. The maximum Gasteiger partial charge on any atom is 0.512 e. The molecule has 550 valence electrons. The van der Waals surface area contributed by atoms with Crippen molar-refractivity contribution in [3.8, 4) is 0 Å². The van der Waals surface area contributed by atoms with Crippen LogP contribution in [0.5, 0.6) is 0 Å². The monoisotopic (exact) mass is 1370 g/mol. The maximum absolute atomic E-state index is 12.7. The molecule has 0 aromatic carbocycles. The summed E-state index contributed by atoms with van der Waals surface area (Å²) in [5.74, 6) is -1.20. The Balaban J connectivity index is 0.000000252. The minimum atomic E-state index is -0.905. The van der Waals surface area contributed by atoms with Gasteiger partial charge in [0.1, 0.15) is 34.2 Å². The Hall–Kier alpha value is -7.56. The number of amides is 4. The zero-order valence-electron chi connectivity index (χ0n) is 66.6. The molecule has 0 atom stereocenters. The topological polar surface area (TPSA) is 287 Å². The Morgan fingerprint density at radius 2 is 0.899 bits per heavy atom. The number of nitrogens with two attached hydrogens (primary N) is 1. The minimum absolute atomic E-state index is 0.0170. The second-order valence-electron chi connectivity index (χ2n) is 34.2. The molecular formula is C77H124BN11O10. The third-order valence-electron chi connectivity index (χ3n) is 22.4. The Morgan fingerprint density at radius 1 is 0.525 bits per heavy atom. The molecule has 1 fully saturated rings. The number of aromatic amines is 3. The van der Waals surface area contributed by atoms with Gasteiger partial charge in [0.2, 0.25) is 0 Å². The molecule has 0 unspecified atom stereocenters. The lowest BCUT2D eigenvalue weighted by Crippen LogP contribution is -2.66. The zero-order chi connectivity index (χ0) is 76.7. The lowest BCUT2D eigenvalue weighted by molar-refractivity contribution is 0.00578. The number of hydrogen-bond donors (Lipinski definition) is 9. The van der Waals surface area contributed by atoms with Gasteiger partial charge in [-0.2, -0.15) is 0 Å². The van der Waals surface area contributed by atoms with Gasteiger partial charge in [-0.1, -0.05) is 41.5 Å². The SMILES string of the molecule is CC(C)(C)C(C)(C)N.CCOC(=O)c1[nH]ccc1C.Cc1cc(B2OC(C)(C)C(C)(C)O2)n2c1C(=O)NC(C)(C)C2(C)C.Cc1cc(C)n2c1C(=O)NC(C)(C)C2(C)C.Cc1cc[nH]c1C(=O)NC(C)(C)C(C)(C)C.Cc1cc[nH]c1C(=O)O.Cc1ccn2c1C(=O)NC(C)(C)C2(C)C. The highest BCUT2D eigenvalue weighted by molar-refractivity contribution is 6.61. The normalized spacial score (nSPS) is 18.3. The van der Waals surface area contributed by atoms with Gasteiger partial charge in [0.05, 0.1) is 51.0 Å². The van der Waals surface area contributed by atoms with Crippen LogP contribution in [0.3, 0.4) is 0 Å². The highest BCUT2D eigenvalue weighted by atomic mass is 16.7. The molecule has 0 saturated carbocycles. The molecule has 10 N–H and O–H groups in total. The Morgan fingerprint density at radius 3 is 1.27 bits per heavy atom. The molecule has 21 nitrogen and oxygen atoms in total. The number of H-pyrrole nitrogens is 3. The van der Waals surface area contributed by atoms with Crippen molar-refractivity contribution < 1.29 is 47.9 Å². The van der Waals surface area contributed by atoms with Crippen LogP contribution in [0.15, 0.2) is 61.2 Å². The van der Waals surface area contributed by atoms with E-state index in [1.54, 1.807) is 38.5 Å². The summed E-state index contributed by atoms with van der Waals surface area (Å²) in [6.45, 7) is 70.2. The van der Waals surface area contributed by atoms with Gasteiger partial charge in [0.15, 0.2) is 0 Å². The van der Waals surface area contributed by atoms with Crippen LogP contribution in [0.25, 0.3) is 0 Å². The van der Waals surface area contributed by atoms with Gasteiger partial charge >= 0.3 is 19.1 Å². The molecule has 99 heavy (non-hydrogen) atoms. The summed E-state index contributed by atoms with van der Waals surface area (Å²) in [5.41, 5.74) is 15.0. The zero-order valence-corrected chi connectivity index (χ0v) is 66.6. The molecule has 22 heteroatoms. The van der Waals surface area contributed by atoms with E-state index in [9.17, 15) is 28.8 Å². The first-order valence-corrected chi connectivity index (χ1v) is 34.4. The van der Waals surface area contributed by atoms with Crippen molar-refractivity contribution in [1.29, 1.82) is 0 Å². The number of carbonyl (C=O) groups is 6. The molecule has 6 aromatic rings. The van der Waals surface area contributed by atoms with Crippen molar-refractivity contribution in [2.24, 2.45) is 16.6 Å². The number of aromatic nitrogens is 6. The number of aryl methyl sites for hydroxylation is 7. The molecule has 4 amide bonds. The van der Waals surface area contributed by atoms with E-state index in [0.717, 1.165) is 56.1 Å². The van der Waals surface area contributed by atoms with Crippen molar-refractivity contribution in [1.82, 2.24) is 49.9 Å². The first-order valence-electron chi connectivity index (χ1n) is 34.4. The molecule has 0 radical (unpaired) electrons. The third kappa shape index (κ3) is 17.6. The predicted molar refractivity (Wildman–Crippen MR) is 399 cm³/mol. The van der Waals surface area contributed by atoms with Crippen LogP contribution in [0.4, 0.5) is 0 Å². The number of carbonyl (C=O) groups excluding carboxylic acids is 5. The molecule has 6 aromatic heterocycles. The number of ether oxygens (including phenoxy) is 1. The second kappa shape index (κ2) is 29.2. The molecule has 0 bridgehead atoms. The van der Waals surface area contributed by atoms with Crippen LogP contribution in [0.1, 0.15) is 289 Å². The number of nitrogens with zero attached hydrogens (tertiary/aromatic N) is 3. The molecule has 10 rings (SSSR count). The van der Waals surface area contributed by atoms with Gasteiger partial charge in [0, 0.05) is 47.2 Å². The summed E-state index contributed by atoms with van der Waals surface area (Å²) in [5, 5.41) is 20.8. The van der Waals surface area contributed by atoms with E-state index >= 15 is 0 Å². The summed E-state index contributed by atoms with van der Waals surface area (Å²) >= 11 is 0. The average Bonchev–Trinajstić information content (AvgIpc) is 1.59. The predicted octanol–water partition coefficient (Wildman–Crippen LogP) is 13.9. The average molecular weight is 1370 g/mol. The minimum Gasteiger partial charge on any atom is -0.477 e. The molecule has 4 aliphatic heterocycles. The van der Waals surface area contributed by atoms with E-state index in [1.165, 1.54) is 0 Å². The van der Waals surface area contributed by atoms with Crippen LogP contribution in [-0.2, 0) is 30.7 Å². The fourth-order valence-electron chi connectivity index (χ4n) is 10.9. The van der Waals surface area contributed by atoms with E-state index in [2.05, 4.69) is 188 Å². The summed E-state index contributed by atoms with van der Waals surface area (Å²) in [7, 11) is -0.483. The number of esters is 1. The molecule has 4 aliphatic rings. The lowest BCUT2D eigenvalue weighted by Gasteiger charge is -2.48. The van der Waals surface area contributed by atoms with Crippen LogP contribution < -0.4 is 32.6 Å². The van der Waals surface area contributed by atoms with Gasteiger partial charge < -0.3 is 74.8 Å². The van der Waals surface area contributed by atoms with Crippen LogP contribution >= 0.6 is 0 Å². The number of rotatable bonds is 6. The Labute approximate surface area is 591 Å². The summed E-state index contributed by atoms with van der Waals surface area (Å²) in [6, 6.07) is 11.6. The molecule has 0 spiro atoms. The number of hydrogen-bond acceptors (Lipinski definition) is 10. The van der Waals surface area contributed by atoms with Crippen molar-refractivity contribution in [2.75, 3.05) is 6.61 Å². The van der Waals surface area contributed by atoms with Crippen LogP contribution in [-0.4, -0.2) is 122 Å². The highest BCUT2D eigenvalue weighted by Gasteiger charge is 2.56. The van der Waals surface area contributed by atoms with Crippen molar-refractivity contribution >= 4 is 48.3 Å². The van der Waals surface area contributed by atoms with Crippen LogP contribution in [0.2, 0.25) is 0 Å². The number of carboxylic acid groups (broad SMARTS) is 1. The van der Waals surface area contributed by atoms with Crippen molar-refractivity contribution in [2.45, 2.75) is 291 Å². The van der Waals surface area contributed by atoms with E-state index in [0.29, 0.717) is 23.7 Å². The third-order valence-corrected chi connectivity index (χ3v) is 22.4. The molecule has 1 saturated heterocycles. The van der Waals surface area contributed by atoms with E-state index < -0.39 is 24.3 Å². The van der Waals surface area contributed by atoms with E-state index in [4.69, 9.17) is 24.9 Å². The van der Waals surface area contributed by atoms with Gasteiger partial charge in [0.25, 0.3) is 23.6 Å². The van der Waals surface area contributed by atoms with E-state index in [-0.39, 0.29) is 90.4 Å². The van der Waals surface area contributed by atoms with Gasteiger partial charge in [-0.3, -0.25) is 19.2 Å². The molecule has 10 heterocycles. The molecule has 0 aliphatic carbocycles. The summed E-state index contributed by atoms with van der Waals surface area (Å²) < 4.78 is 23.7. The van der Waals surface area contributed by atoms with Crippen molar-refractivity contribution in [3.63, 3.8) is 0 Å². The standard InChI is InChI=1S/C18H29BN2O3.C13H20N2O.C13H22N2O.C12H18N2O.C8H11NO2.C7H17N.C6H7NO2/c1-11-10-12(19-23-17(6,7)18(8,9)24-19)21-13(11)14(22)20-15(2,3)16(21,4)5;1-8-7-9(2)15-10(8)11(16)14-12(3,4)13(15,5)6;1-9-7-8-14-10(9)11(16)15-13(5,6)12(2,3)4;1-8-6-7-14-9(8)10(15)13-11(2,3)12(14,4)5;1-3-11-8(10)7-6(2)4-5-9-7;1-6(2,3)7(4,5)8;1-4-2-3-7-5(4)6(8)9/h10H,1-9H3,(H,20,22);7H,1-6H3,(H,14,16);7-8,14H,1-6H3,(H,15,16);6-7H,1-5H3,(H,13,15);4-5,9H,3H2,1-2H3;8H2,1-5H3;2-3,7H,1H3,(H,8,9). The summed E-state index contributed by atoms with van der Waals surface area (Å²) in [6.07, 6.45) is 7.12. The first-order chi connectivity index (χ1) is 44.5. The molecular weight excluding hydrogens is 1250 g/mol. The van der Waals surface area contributed by atoms with Gasteiger partial charge in [-0.05, 0) is 274 Å². The number of carboxylic acids is 1. The van der Waals surface area contributed by atoms with Gasteiger partial charge in [-0.15, -0.1) is 0 Å². The smallest absolute Gasteiger partial charge is 0.477 e. The van der Waals surface area contributed by atoms with Gasteiger partial charge in [-0.25, -0.2) is 9.59 Å². The Bertz CT molecular complexity index is 3850. The number of fused-ring (bicyclic) bond motifs is 3. The van der Waals surface area contributed by atoms with Crippen molar-refractivity contribution in [3.05, 3.63) is 134 Å².